The minimum Gasteiger partial charge on any atom is -0.380 e. The minimum atomic E-state index is 0.469. The maximum atomic E-state index is 5.39. The van der Waals surface area contributed by atoms with Gasteiger partial charge in [0, 0.05) is 25.1 Å². The van der Waals surface area contributed by atoms with E-state index in [2.05, 4.69) is 18.2 Å². The fraction of sp³-hybridized carbons (Fsp3) is 0.818. The maximum absolute atomic E-state index is 5.39. The molecule has 2 heteroatoms. The fourth-order valence-electron chi connectivity index (χ4n) is 1.67. The van der Waals surface area contributed by atoms with Crippen LogP contribution in [-0.4, -0.2) is 25.3 Å². The van der Waals surface area contributed by atoms with E-state index in [1.165, 1.54) is 12.8 Å². The van der Waals surface area contributed by atoms with Gasteiger partial charge in [0.1, 0.15) is 0 Å². The van der Waals surface area contributed by atoms with E-state index in [0.717, 1.165) is 26.1 Å². The van der Waals surface area contributed by atoms with Gasteiger partial charge in [-0.05, 0) is 19.3 Å². The van der Waals surface area contributed by atoms with Gasteiger partial charge in [-0.2, -0.15) is 0 Å². The predicted molar refractivity (Wildman–Crippen MR) is 54.5 cm³/mol. The van der Waals surface area contributed by atoms with Crippen LogP contribution in [-0.2, 0) is 4.74 Å². The lowest BCUT2D eigenvalue weighted by molar-refractivity contribution is 0.0663. The van der Waals surface area contributed by atoms with Crippen LogP contribution < -0.4 is 5.32 Å². The van der Waals surface area contributed by atoms with Gasteiger partial charge in [0.05, 0.1) is 6.61 Å². The molecule has 0 saturated carbocycles. The summed E-state index contributed by atoms with van der Waals surface area (Å²) in [6.07, 6.45) is 9.61. The maximum Gasteiger partial charge on any atom is 0.0619 e. The smallest absolute Gasteiger partial charge is 0.0619 e. The van der Waals surface area contributed by atoms with E-state index in [4.69, 9.17) is 11.2 Å². The molecule has 0 radical (unpaired) electrons. The lowest BCUT2D eigenvalue weighted by atomic mass is 10.1. The highest BCUT2D eigenvalue weighted by molar-refractivity contribution is 4.90. The Morgan fingerprint density at radius 2 is 2.54 bits per heavy atom. The zero-order chi connectivity index (χ0) is 9.52. The molecule has 2 atom stereocenters. The third-order valence-electron chi connectivity index (χ3n) is 2.49. The number of hydrogen-bond acceptors (Lipinski definition) is 2. The Labute approximate surface area is 81.0 Å². The predicted octanol–water partition coefficient (Wildman–Crippen LogP) is 1.56. The van der Waals surface area contributed by atoms with Crippen LogP contribution in [0.1, 0.15) is 32.6 Å². The van der Waals surface area contributed by atoms with Gasteiger partial charge in [0.25, 0.3) is 0 Å². The van der Waals surface area contributed by atoms with Crippen molar-refractivity contribution in [2.75, 3.05) is 13.2 Å². The summed E-state index contributed by atoms with van der Waals surface area (Å²) in [5.74, 6) is 2.70. The van der Waals surface area contributed by atoms with Crippen LogP contribution in [0.5, 0.6) is 0 Å². The van der Waals surface area contributed by atoms with Gasteiger partial charge in [-0.1, -0.05) is 6.92 Å². The number of rotatable bonds is 4. The van der Waals surface area contributed by atoms with Gasteiger partial charge in [0.2, 0.25) is 0 Å². The molecule has 1 saturated heterocycles. The molecule has 0 aromatic heterocycles. The normalized spacial score (nSPS) is 25.1. The van der Waals surface area contributed by atoms with E-state index < -0.39 is 0 Å². The van der Waals surface area contributed by atoms with Crippen molar-refractivity contribution in [3.8, 4) is 12.3 Å². The van der Waals surface area contributed by atoms with Crippen LogP contribution in [0.2, 0.25) is 0 Å². The molecule has 1 heterocycles. The van der Waals surface area contributed by atoms with Gasteiger partial charge in [0.15, 0.2) is 0 Å². The Balaban J connectivity index is 2.23. The second-order valence-electron chi connectivity index (χ2n) is 3.59. The molecule has 0 bridgehead atoms. The Hall–Kier alpha value is -0.520. The topological polar surface area (TPSA) is 21.3 Å². The first-order valence-corrected chi connectivity index (χ1v) is 5.14. The molecule has 1 aliphatic heterocycles. The van der Waals surface area contributed by atoms with Crippen molar-refractivity contribution < 1.29 is 4.74 Å². The Kier molecular flexibility index (Phi) is 4.88. The summed E-state index contributed by atoms with van der Waals surface area (Å²) in [6.45, 7) is 3.93. The van der Waals surface area contributed by atoms with Gasteiger partial charge in [-0.3, -0.25) is 0 Å². The molecule has 2 nitrogen and oxygen atoms in total. The zero-order valence-corrected chi connectivity index (χ0v) is 8.38. The second-order valence-corrected chi connectivity index (χ2v) is 3.59. The average Bonchev–Trinajstić information content (AvgIpc) is 2.19. The van der Waals surface area contributed by atoms with Crippen molar-refractivity contribution in [3.63, 3.8) is 0 Å². The van der Waals surface area contributed by atoms with Crippen molar-refractivity contribution in [2.45, 2.75) is 44.7 Å². The van der Waals surface area contributed by atoms with Gasteiger partial charge < -0.3 is 10.1 Å². The number of ether oxygens (including phenoxy) is 1. The summed E-state index contributed by atoms with van der Waals surface area (Å²) < 4.78 is 5.39. The molecule has 1 aliphatic rings. The Morgan fingerprint density at radius 1 is 1.69 bits per heavy atom. The molecule has 1 rings (SSSR count). The summed E-state index contributed by atoms with van der Waals surface area (Å²) in [7, 11) is 0. The lowest BCUT2D eigenvalue weighted by Crippen LogP contribution is -2.42. The molecule has 0 aromatic rings. The number of terminal acetylenes is 1. The molecule has 1 N–H and O–H groups in total. The van der Waals surface area contributed by atoms with Gasteiger partial charge in [-0.25, -0.2) is 0 Å². The number of nitrogens with one attached hydrogen (secondary N) is 1. The van der Waals surface area contributed by atoms with Crippen LogP contribution in [0.4, 0.5) is 0 Å². The van der Waals surface area contributed by atoms with E-state index in [9.17, 15) is 0 Å². The van der Waals surface area contributed by atoms with E-state index in [-0.39, 0.29) is 0 Å². The van der Waals surface area contributed by atoms with Crippen LogP contribution >= 0.6 is 0 Å². The minimum absolute atomic E-state index is 0.469. The van der Waals surface area contributed by atoms with Gasteiger partial charge in [-0.15, -0.1) is 12.3 Å². The zero-order valence-electron chi connectivity index (χ0n) is 8.38. The first kappa shape index (κ1) is 10.6. The highest BCUT2D eigenvalue weighted by atomic mass is 16.5. The lowest BCUT2D eigenvalue weighted by Gasteiger charge is -2.27. The summed E-state index contributed by atoms with van der Waals surface area (Å²) in [4.78, 5) is 0. The molecule has 0 spiro atoms. The van der Waals surface area contributed by atoms with Crippen molar-refractivity contribution in [1.29, 1.82) is 0 Å². The van der Waals surface area contributed by atoms with Crippen LogP contribution in [0.25, 0.3) is 0 Å². The molecule has 74 valence electrons. The van der Waals surface area contributed by atoms with Crippen molar-refractivity contribution in [2.24, 2.45) is 0 Å². The van der Waals surface area contributed by atoms with Crippen molar-refractivity contribution in [3.05, 3.63) is 0 Å². The summed E-state index contributed by atoms with van der Waals surface area (Å²) >= 11 is 0. The molecule has 2 unspecified atom stereocenters. The summed E-state index contributed by atoms with van der Waals surface area (Å²) in [6, 6.07) is 0.990. The second kappa shape index (κ2) is 6.01. The van der Waals surface area contributed by atoms with Crippen LogP contribution in [0, 0.1) is 12.3 Å². The standard InChI is InChI=1S/C11H19NO/c1-3-6-10(4-2)12-11-7-5-8-13-9-11/h1,10-12H,4-9H2,2H3. The molecule has 0 aromatic carbocycles. The van der Waals surface area contributed by atoms with Crippen molar-refractivity contribution >= 4 is 0 Å². The van der Waals surface area contributed by atoms with Crippen molar-refractivity contribution in [1.82, 2.24) is 5.32 Å². The van der Waals surface area contributed by atoms with E-state index in [1.54, 1.807) is 0 Å². The molecular weight excluding hydrogens is 162 g/mol. The molecule has 0 amide bonds. The Bertz CT molecular complexity index is 167. The molecule has 13 heavy (non-hydrogen) atoms. The van der Waals surface area contributed by atoms with E-state index in [1.807, 2.05) is 0 Å². The summed E-state index contributed by atoms with van der Waals surface area (Å²) in [5, 5.41) is 3.54. The third-order valence-corrected chi connectivity index (χ3v) is 2.49. The number of hydrogen-bond donors (Lipinski definition) is 1. The van der Waals surface area contributed by atoms with E-state index >= 15 is 0 Å². The fourth-order valence-corrected chi connectivity index (χ4v) is 1.67. The molecular formula is C11H19NO. The van der Waals surface area contributed by atoms with Gasteiger partial charge >= 0.3 is 0 Å². The highest BCUT2D eigenvalue weighted by Crippen LogP contribution is 2.08. The average molecular weight is 181 g/mol. The first-order chi connectivity index (χ1) is 6.36. The quantitative estimate of drug-likeness (QED) is 0.664. The summed E-state index contributed by atoms with van der Waals surface area (Å²) in [5.41, 5.74) is 0. The van der Waals surface area contributed by atoms with E-state index in [0.29, 0.717) is 12.1 Å². The molecule has 0 aliphatic carbocycles. The van der Waals surface area contributed by atoms with Crippen LogP contribution in [0.15, 0.2) is 0 Å². The first-order valence-electron chi connectivity index (χ1n) is 5.14. The van der Waals surface area contributed by atoms with Crippen LogP contribution in [0.3, 0.4) is 0 Å². The Morgan fingerprint density at radius 3 is 3.08 bits per heavy atom. The third kappa shape index (κ3) is 3.80. The largest absolute Gasteiger partial charge is 0.380 e. The SMILES string of the molecule is C#CCC(CC)NC1CCCOC1. The molecule has 1 fully saturated rings. The highest BCUT2D eigenvalue weighted by Gasteiger charge is 2.16. The monoisotopic (exact) mass is 181 g/mol.